The Morgan fingerprint density at radius 2 is 1.95 bits per heavy atom. The van der Waals surface area contributed by atoms with E-state index in [1.54, 1.807) is 0 Å². The van der Waals surface area contributed by atoms with Gasteiger partial charge in [-0.1, -0.05) is 26.0 Å². The molecular weight excluding hydrogens is 252 g/mol. The average Bonchev–Trinajstić information content (AvgIpc) is 2.40. The van der Waals surface area contributed by atoms with Gasteiger partial charge in [0, 0.05) is 6.54 Å². The lowest BCUT2D eigenvalue weighted by molar-refractivity contribution is -0.121. The molecule has 1 atom stereocenters. The van der Waals surface area contributed by atoms with E-state index in [1.165, 1.54) is 0 Å². The summed E-state index contributed by atoms with van der Waals surface area (Å²) in [6.45, 7) is 9.41. The second-order valence-corrected chi connectivity index (χ2v) is 5.27. The largest absolute Gasteiger partial charge is 0.492 e. The van der Waals surface area contributed by atoms with Crippen LogP contribution in [0, 0.1) is 5.92 Å². The van der Waals surface area contributed by atoms with Crippen molar-refractivity contribution in [1.29, 1.82) is 0 Å². The Balaban J connectivity index is 2.52. The molecule has 0 aliphatic rings. The standard InChI is InChI=1S/C16H26N2O2/c1-5-20-15-9-7-6-8-14(15)18-13(4)16(19)17-11-10-12(2)3/h6-9,12-13,18H,5,10-11H2,1-4H3,(H,17,19). The molecule has 4 heteroatoms. The topological polar surface area (TPSA) is 50.4 Å². The zero-order valence-electron chi connectivity index (χ0n) is 12.9. The Hall–Kier alpha value is -1.71. The third kappa shape index (κ3) is 5.51. The number of hydrogen-bond donors (Lipinski definition) is 2. The molecule has 0 aliphatic carbocycles. The quantitative estimate of drug-likeness (QED) is 0.768. The first-order chi connectivity index (χ1) is 9.54. The van der Waals surface area contributed by atoms with Gasteiger partial charge >= 0.3 is 0 Å². The average molecular weight is 278 g/mol. The summed E-state index contributed by atoms with van der Waals surface area (Å²) in [5, 5.41) is 6.14. The lowest BCUT2D eigenvalue weighted by Gasteiger charge is -2.18. The van der Waals surface area contributed by atoms with Gasteiger partial charge in [0.25, 0.3) is 0 Å². The predicted octanol–water partition coefficient (Wildman–Crippen LogP) is 3.05. The van der Waals surface area contributed by atoms with Crippen LogP contribution in [0.5, 0.6) is 5.75 Å². The van der Waals surface area contributed by atoms with E-state index in [-0.39, 0.29) is 11.9 Å². The zero-order valence-corrected chi connectivity index (χ0v) is 12.9. The molecule has 0 aliphatic heterocycles. The van der Waals surface area contributed by atoms with E-state index < -0.39 is 0 Å². The van der Waals surface area contributed by atoms with Gasteiger partial charge in [0.15, 0.2) is 0 Å². The highest BCUT2D eigenvalue weighted by Gasteiger charge is 2.14. The van der Waals surface area contributed by atoms with Gasteiger partial charge in [-0.15, -0.1) is 0 Å². The number of benzene rings is 1. The Morgan fingerprint density at radius 3 is 2.60 bits per heavy atom. The van der Waals surface area contributed by atoms with Crippen molar-refractivity contribution in [3.05, 3.63) is 24.3 Å². The second-order valence-electron chi connectivity index (χ2n) is 5.27. The Kier molecular flexibility index (Phi) is 6.91. The van der Waals surface area contributed by atoms with Gasteiger partial charge in [0.05, 0.1) is 12.3 Å². The molecule has 0 spiro atoms. The summed E-state index contributed by atoms with van der Waals surface area (Å²) in [6.07, 6.45) is 0.994. The SMILES string of the molecule is CCOc1ccccc1NC(C)C(=O)NCCC(C)C. The molecule has 1 unspecified atom stereocenters. The Morgan fingerprint density at radius 1 is 1.25 bits per heavy atom. The molecule has 1 rings (SSSR count). The minimum Gasteiger partial charge on any atom is -0.492 e. The Bertz CT molecular complexity index is 419. The van der Waals surface area contributed by atoms with Gasteiger partial charge < -0.3 is 15.4 Å². The van der Waals surface area contributed by atoms with Crippen LogP contribution in [0.25, 0.3) is 0 Å². The number of hydrogen-bond acceptors (Lipinski definition) is 3. The van der Waals surface area contributed by atoms with Crippen molar-refractivity contribution < 1.29 is 9.53 Å². The molecular formula is C16H26N2O2. The van der Waals surface area contributed by atoms with E-state index in [9.17, 15) is 4.79 Å². The number of para-hydroxylation sites is 2. The van der Waals surface area contributed by atoms with Crippen molar-refractivity contribution in [1.82, 2.24) is 5.32 Å². The maximum atomic E-state index is 12.0. The van der Waals surface area contributed by atoms with Gasteiger partial charge in [0.2, 0.25) is 5.91 Å². The molecule has 1 aromatic carbocycles. The number of amides is 1. The van der Waals surface area contributed by atoms with Gasteiger partial charge in [-0.2, -0.15) is 0 Å². The maximum Gasteiger partial charge on any atom is 0.242 e. The highest BCUT2D eigenvalue weighted by molar-refractivity contribution is 5.84. The number of anilines is 1. The number of rotatable bonds is 8. The molecule has 0 radical (unpaired) electrons. The molecule has 0 aromatic heterocycles. The highest BCUT2D eigenvalue weighted by atomic mass is 16.5. The van der Waals surface area contributed by atoms with Crippen molar-refractivity contribution in [3.63, 3.8) is 0 Å². The fourth-order valence-electron chi connectivity index (χ4n) is 1.80. The molecule has 4 nitrogen and oxygen atoms in total. The van der Waals surface area contributed by atoms with E-state index in [1.807, 2.05) is 38.1 Å². The molecule has 0 bridgehead atoms. The Labute approximate surface area is 121 Å². The fourth-order valence-corrected chi connectivity index (χ4v) is 1.80. The summed E-state index contributed by atoms with van der Waals surface area (Å²) < 4.78 is 5.54. The number of ether oxygens (including phenoxy) is 1. The highest BCUT2D eigenvalue weighted by Crippen LogP contribution is 2.24. The number of carbonyl (C=O) groups is 1. The molecule has 1 aromatic rings. The van der Waals surface area contributed by atoms with E-state index in [2.05, 4.69) is 24.5 Å². The third-order valence-corrected chi connectivity index (χ3v) is 2.97. The maximum absolute atomic E-state index is 12.0. The van der Waals surface area contributed by atoms with Gasteiger partial charge in [0.1, 0.15) is 11.8 Å². The van der Waals surface area contributed by atoms with E-state index in [0.29, 0.717) is 12.5 Å². The molecule has 2 N–H and O–H groups in total. The minimum absolute atomic E-state index is 0.0111. The minimum atomic E-state index is -0.288. The zero-order chi connectivity index (χ0) is 15.0. The molecule has 0 fully saturated rings. The van der Waals surface area contributed by atoms with Gasteiger partial charge in [-0.3, -0.25) is 4.79 Å². The first kappa shape index (κ1) is 16.3. The number of carbonyl (C=O) groups excluding carboxylic acids is 1. The fraction of sp³-hybridized carbons (Fsp3) is 0.562. The summed E-state index contributed by atoms with van der Waals surface area (Å²) >= 11 is 0. The summed E-state index contributed by atoms with van der Waals surface area (Å²) in [4.78, 5) is 12.0. The predicted molar refractivity (Wildman–Crippen MR) is 83.2 cm³/mol. The van der Waals surface area contributed by atoms with Crippen molar-refractivity contribution in [2.24, 2.45) is 5.92 Å². The first-order valence-corrected chi connectivity index (χ1v) is 7.30. The summed E-state index contributed by atoms with van der Waals surface area (Å²) in [6, 6.07) is 7.37. The molecule has 0 saturated carbocycles. The summed E-state index contributed by atoms with van der Waals surface area (Å²) in [7, 11) is 0. The molecule has 112 valence electrons. The van der Waals surface area contributed by atoms with Crippen LogP contribution in [0.1, 0.15) is 34.1 Å². The van der Waals surface area contributed by atoms with E-state index >= 15 is 0 Å². The molecule has 0 saturated heterocycles. The van der Waals surface area contributed by atoms with E-state index in [4.69, 9.17) is 4.74 Å². The molecule has 20 heavy (non-hydrogen) atoms. The second kappa shape index (κ2) is 8.46. The van der Waals surface area contributed by atoms with Crippen LogP contribution < -0.4 is 15.4 Å². The first-order valence-electron chi connectivity index (χ1n) is 7.30. The van der Waals surface area contributed by atoms with Crippen molar-refractivity contribution in [2.75, 3.05) is 18.5 Å². The van der Waals surface area contributed by atoms with E-state index in [0.717, 1.165) is 24.4 Å². The smallest absolute Gasteiger partial charge is 0.242 e. The van der Waals surface area contributed by atoms with Crippen molar-refractivity contribution >= 4 is 11.6 Å². The van der Waals surface area contributed by atoms with Crippen LogP contribution in [0.15, 0.2) is 24.3 Å². The van der Waals surface area contributed by atoms with Crippen molar-refractivity contribution in [3.8, 4) is 5.75 Å². The third-order valence-electron chi connectivity index (χ3n) is 2.97. The van der Waals surface area contributed by atoms with Gasteiger partial charge in [-0.25, -0.2) is 0 Å². The monoisotopic (exact) mass is 278 g/mol. The van der Waals surface area contributed by atoms with Crippen LogP contribution in [-0.2, 0) is 4.79 Å². The number of nitrogens with one attached hydrogen (secondary N) is 2. The summed E-state index contributed by atoms with van der Waals surface area (Å²) in [5.41, 5.74) is 0.848. The lowest BCUT2D eigenvalue weighted by Crippen LogP contribution is -2.38. The van der Waals surface area contributed by atoms with Crippen LogP contribution in [0.4, 0.5) is 5.69 Å². The molecule has 1 amide bonds. The summed E-state index contributed by atoms with van der Waals surface area (Å²) in [5.74, 6) is 1.38. The van der Waals surface area contributed by atoms with Crippen molar-refractivity contribution in [2.45, 2.75) is 40.2 Å². The lowest BCUT2D eigenvalue weighted by atomic mass is 10.1. The van der Waals surface area contributed by atoms with Crippen LogP contribution in [0.2, 0.25) is 0 Å². The van der Waals surface area contributed by atoms with Crippen LogP contribution in [0.3, 0.4) is 0 Å². The van der Waals surface area contributed by atoms with Gasteiger partial charge in [-0.05, 0) is 38.3 Å². The normalized spacial score (nSPS) is 12.1. The molecule has 0 heterocycles. The van der Waals surface area contributed by atoms with Crippen LogP contribution >= 0.6 is 0 Å². The van der Waals surface area contributed by atoms with Crippen LogP contribution in [-0.4, -0.2) is 25.1 Å².